The molecule has 0 fully saturated rings. The first kappa shape index (κ1) is 19.1. The Morgan fingerprint density at radius 2 is 1.96 bits per heavy atom. The quantitative estimate of drug-likeness (QED) is 0.522. The van der Waals surface area contributed by atoms with Gasteiger partial charge in [0.05, 0.1) is 16.8 Å². The Morgan fingerprint density at radius 1 is 1.18 bits per heavy atom. The Hall–Kier alpha value is -3.68. The number of pyridine rings is 1. The van der Waals surface area contributed by atoms with Crippen molar-refractivity contribution < 1.29 is 19.1 Å². The number of carboxylic acids is 1. The van der Waals surface area contributed by atoms with E-state index in [2.05, 4.69) is 15.6 Å². The van der Waals surface area contributed by atoms with Crippen LogP contribution in [-0.4, -0.2) is 35.6 Å². The summed E-state index contributed by atoms with van der Waals surface area (Å²) < 4.78 is 13.7. The summed E-state index contributed by atoms with van der Waals surface area (Å²) in [4.78, 5) is 38.3. The molecule has 0 atom stereocenters. The molecule has 4 N–H and O–H groups in total. The van der Waals surface area contributed by atoms with Gasteiger partial charge in [-0.05, 0) is 42.3 Å². The van der Waals surface area contributed by atoms with Crippen molar-refractivity contribution in [3.05, 3.63) is 75.3 Å². The van der Waals surface area contributed by atoms with E-state index in [1.54, 1.807) is 19.2 Å². The lowest BCUT2D eigenvalue weighted by Crippen LogP contribution is -2.31. The Labute approximate surface area is 159 Å². The zero-order valence-electron chi connectivity index (χ0n) is 15.0. The first-order valence-electron chi connectivity index (χ1n) is 8.54. The Morgan fingerprint density at radius 3 is 2.68 bits per heavy atom. The molecule has 0 unspecified atom stereocenters. The molecular weight excluding hydrogens is 365 g/mol. The Balaban J connectivity index is 1.76. The summed E-state index contributed by atoms with van der Waals surface area (Å²) in [5, 5.41) is 14.8. The van der Waals surface area contributed by atoms with E-state index in [0.29, 0.717) is 23.0 Å². The van der Waals surface area contributed by atoms with E-state index in [4.69, 9.17) is 5.11 Å². The number of fused-ring (bicyclic) bond motifs is 1. The summed E-state index contributed by atoms with van der Waals surface area (Å²) in [5.41, 5.74) is 1.03. The molecule has 0 saturated heterocycles. The number of aromatic amines is 1. The van der Waals surface area contributed by atoms with Crippen LogP contribution in [0.3, 0.4) is 0 Å². The number of benzene rings is 2. The number of H-pyrrole nitrogens is 1. The molecule has 3 aromatic rings. The third-order valence-corrected chi connectivity index (χ3v) is 4.30. The summed E-state index contributed by atoms with van der Waals surface area (Å²) >= 11 is 0. The monoisotopic (exact) mass is 383 g/mol. The van der Waals surface area contributed by atoms with Crippen LogP contribution in [0.15, 0.2) is 47.3 Å². The lowest BCUT2D eigenvalue weighted by molar-refractivity contribution is 0.0696. The van der Waals surface area contributed by atoms with Gasteiger partial charge in [0.2, 0.25) is 0 Å². The number of nitrogens with one attached hydrogen (secondary N) is 3. The standard InChI is InChI=1S/C20H18FN3O4/c1-22-16-10-14(21)8-13-9-15(19(26)24-17(13)16)18(25)23-6-5-11-3-2-4-12(7-11)20(27)28/h2-4,7-10,22H,5-6H2,1H3,(H,23,25)(H,24,26)(H,27,28). The average molecular weight is 383 g/mol. The Bertz CT molecular complexity index is 1120. The average Bonchev–Trinajstić information content (AvgIpc) is 2.67. The van der Waals surface area contributed by atoms with Gasteiger partial charge in [-0.3, -0.25) is 9.59 Å². The second-order valence-corrected chi connectivity index (χ2v) is 6.19. The number of halogens is 1. The topological polar surface area (TPSA) is 111 Å². The third kappa shape index (κ3) is 4.01. The van der Waals surface area contributed by atoms with E-state index < -0.39 is 23.3 Å². The molecule has 3 rings (SSSR count). The fraction of sp³-hybridized carbons (Fsp3) is 0.150. The molecule has 1 heterocycles. The van der Waals surface area contributed by atoms with E-state index in [-0.39, 0.29) is 17.7 Å². The van der Waals surface area contributed by atoms with Gasteiger partial charge in [-0.1, -0.05) is 12.1 Å². The Kier molecular flexibility index (Phi) is 5.39. The number of aromatic carboxylic acids is 1. The smallest absolute Gasteiger partial charge is 0.335 e. The number of carbonyl (C=O) groups is 2. The van der Waals surface area contributed by atoms with Crippen LogP contribution in [0.4, 0.5) is 10.1 Å². The van der Waals surface area contributed by atoms with Crippen LogP contribution in [0.1, 0.15) is 26.3 Å². The maximum Gasteiger partial charge on any atom is 0.335 e. The van der Waals surface area contributed by atoms with Crippen LogP contribution in [0.2, 0.25) is 0 Å². The number of anilines is 1. The highest BCUT2D eigenvalue weighted by Crippen LogP contribution is 2.22. The van der Waals surface area contributed by atoms with Gasteiger partial charge in [-0.25, -0.2) is 9.18 Å². The second-order valence-electron chi connectivity index (χ2n) is 6.19. The van der Waals surface area contributed by atoms with Crippen molar-refractivity contribution in [1.82, 2.24) is 10.3 Å². The van der Waals surface area contributed by atoms with E-state index in [1.807, 2.05) is 0 Å². The number of carbonyl (C=O) groups excluding carboxylic acids is 1. The van der Waals surface area contributed by atoms with Gasteiger partial charge in [0.15, 0.2) is 0 Å². The van der Waals surface area contributed by atoms with Gasteiger partial charge in [0.25, 0.3) is 11.5 Å². The van der Waals surface area contributed by atoms with Gasteiger partial charge in [0, 0.05) is 19.0 Å². The predicted octanol–water partition coefficient (Wildman–Crippen LogP) is 2.38. The van der Waals surface area contributed by atoms with E-state index in [1.165, 1.54) is 30.3 Å². The molecule has 0 saturated carbocycles. The van der Waals surface area contributed by atoms with E-state index in [0.717, 1.165) is 5.56 Å². The van der Waals surface area contributed by atoms with Crippen molar-refractivity contribution in [2.24, 2.45) is 0 Å². The number of amides is 1. The highest BCUT2D eigenvalue weighted by Gasteiger charge is 2.14. The van der Waals surface area contributed by atoms with Crippen molar-refractivity contribution in [3.63, 3.8) is 0 Å². The van der Waals surface area contributed by atoms with Crippen molar-refractivity contribution in [1.29, 1.82) is 0 Å². The van der Waals surface area contributed by atoms with Crippen molar-refractivity contribution in [2.75, 3.05) is 18.9 Å². The number of aromatic nitrogens is 1. The van der Waals surface area contributed by atoms with Crippen molar-refractivity contribution in [3.8, 4) is 0 Å². The molecule has 1 aromatic heterocycles. The van der Waals surface area contributed by atoms with Crippen LogP contribution in [-0.2, 0) is 6.42 Å². The fourth-order valence-corrected chi connectivity index (χ4v) is 2.92. The summed E-state index contributed by atoms with van der Waals surface area (Å²) in [6.07, 6.45) is 0.400. The van der Waals surface area contributed by atoms with Crippen molar-refractivity contribution in [2.45, 2.75) is 6.42 Å². The van der Waals surface area contributed by atoms with Gasteiger partial charge >= 0.3 is 5.97 Å². The molecule has 0 radical (unpaired) electrons. The van der Waals surface area contributed by atoms with Crippen LogP contribution in [0, 0.1) is 5.82 Å². The summed E-state index contributed by atoms with van der Waals surface area (Å²) in [7, 11) is 1.60. The molecule has 7 nitrogen and oxygen atoms in total. The summed E-state index contributed by atoms with van der Waals surface area (Å²) in [6, 6.07) is 10.2. The first-order valence-corrected chi connectivity index (χ1v) is 8.54. The minimum absolute atomic E-state index is 0.126. The maximum absolute atomic E-state index is 13.7. The number of hydrogen-bond acceptors (Lipinski definition) is 4. The predicted molar refractivity (Wildman–Crippen MR) is 104 cm³/mol. The first-order chi connectivity index (χ1) is 13.4. The molecule has 0 spiro atoms. The molecule has 0 aliphatic carbocycles. The minimum atomic E-state index is -1.03. The molecular formula is C20H18FN3O4. The van der Waals surface area contributed by atoms with Crippen LogP contribution < -0.4 is 16.2 Å². The molecule has 0 bridgehead atoms. The van der Waals surface area contributed by atoms with Crippen LogP contribution in [0.25, 0.3) is 10.9 Å². The number of rotatable bonds is 6. The summed E-state index contributed by atoms with van der Waals surface area (Å²) in [6.45, 7) is 0.213. The lowest BCUT2D eigenvalue weighted by atomic mass is 10.1. The minimum Gasteiger partial charge on any atom is -0.478 e. The second kappa shape index (κ2) is 7.91. The fourth-order valence-electron chi connectivity index (χ4n) is 2.92. The van der Waals surface area contributed by atoms with Crippen molar-refractivity contribution >= 4 is 28.5 Å². The molecule has 8 heteroatoms. The van der Waals surface area contributed by atoms with Gasteiger partial charge < -0.3 is 20.7 Å². The molecule has 0 aliphatic heterocycles. The molecule has 2 aromatic carbocycles. The normalized spacial score (nSPS) is 10.6. The molecule has 144 valence electrons. The third-order valence-electron chi connectivity index (χ3n) is 4.30. The highest BCUT2D eigenvalue weighted by molar-refractivity contribution is 5.99. The van der Waals surface area contributed by atoms with Crippen LogP contribution >= 0.6 is 0 Å². The van der Waals surface area contributed by atoms with Crippen LogP contribution in [0.5, 0.6) is 0 Å². The van der Waals surface area contributed by atoms with Gasteiger partial charge in [0.1, 0.15) is 11.4 Å². The van der Waals surface area contributed by atoms with E-state index in [9.17, 15) is 18.8 Å². The molecule has 1 amide bonds. The SMILES string of the molecule is CNc1cc(F)cc2cc(C(=O)NCCc3cccc(C(=O)O)c3)c(=O)[nH]c12. The zero-order valence-corrected chi connectivity index (χ0v) is 15.0. The van der Waals surface area contributed by atoms with E-state index >= 15 is 0 Å². The maximum atomic E-state index is 13.7. The molecule has 0 aliphatic rings. The van der Waals surface area contributed by atoms with Gasteiger partial charge in [-0.15, -0.1) is 0 Å². The lowest BCUT2D eigenvalue weighted by Gasteiger charge is -2.09. The molecule has 28 heavy (non-hydrogen) atoms. The highest BCUT2D eigenvalue weighted by atomic mass is 19.1. The zero-order chi connectivity index (χ0) is 20.3. The summed E-state index contributed by atoms with van der Waals surface area (Å²) in [5.74, 6) is -2.11. The number of carboxylic acid groups (broad SMARTS) is 1. The number of hydrogen-bond donors (Lipinski definition) is 4. The largest absolute Gasteiger partial charge is 0.478 e. The van der Waals surface area contributed by atoms with Gasteiger partial charge in [-0.2, -0.15) is 0 Å².